The van der Waals surface area contributed by atoms with Gasteiger partial charge in [0.15, 0.2) is 11.6 Å². The average molecular weight is 612 g/mol. The van der Waals surface area contributed by atoms with Gasteiger partial charge in [0.05, 0.1) is 30.4 Å². The summed E-state index contributed by atoms with van der Waals surface area (Å²) in [5.74, 6) is -3.54. The summed E-state index contributed by atoms with van der Waals surface area (Å²) in [6, 6.07) is 4.94. The summed E-state index contributed by atoms with van der Waals surface area (Å²) in [6.45, 7) is -0.0116. The molecule has 0 atom stereocenters. The molecule has 4 rings (SSSR count). The molecule has 0 radical (unpaired) electrons. The number of amides is 2. The van der Waals surface area contributed by atoms with Gasteiger partial charge in [0.2, 0.25) is 11.8 Å². The van der Waals surface area contributed by atoms with Gasteiger partial charge in [0.25, 0.3) is 5.91 Å². The standard InChI is InChI=1S/C20H19F6N5O3.C6H10F2/c21-19(22,23)5-3-16(32)27-8-11-1-2-12-13(7-11)30-15(29-12)9-28-18(33)14-10-34-17(31-14)4-6-20(24,25)26;7-6(8)4-2-1-3-5-6/h1-2,7,10H,3-6,8-9H2,(H,27,32)(H,28,33)(H,29,30);1-5H2. The Kier molecular flexibility index (Phi) is 10.9. The molecular weight excluding hydrogens is 582 g/mol. The number of benzene rings is 1. The van der Waals surface area contributed by atoms with E-state index < -0.39 is 55.8 Å². The number of aromatic amines is 1. The Labute approximate surface area is 234 Å². The molecule has 2 amide bonds. The van der Waals surface area contributed by atoms with Crippen LogP contribution < -0.4 is 10.6 Å². The molecule has 1 saturated carbocycles. The predicted molar refractivity (Wildman–Crippen MR) is 133 cm³/mol. The number of fused-ring (bicyclic) bond motifs is 1. The van der Waals surface area contributed by atoms with Gasteiger partial charge in [-0.3, -0.25) is 9.59 Å². The number of alkyl halides is 8. The SMILES string of the molecule is FC1(F)CCCCC1.O=C(CCC(F)(F)F)NCc1ccc2nc(CNC(=O)c3coc(CCC(F)(F)F)n3)[nH]c2c1. The van der Waals surface area contributed by atoms with Gasteiger partial charge in [-0.15, -0.1) is 0 Å². The van der Waals surface area contributed by atoms with E-state index >= 15 is 0 Å². The van der Waals surface area contributed by atoms with Crippen molar-refractivity contribution < 1.29 is 49.1 Å². The van der Waals surface area contributed by atoms with E-state index in [-0.39, 0.29) is 37.5 Å². The van der Waals surface area contributed by atoms with Crippen molar-refractivity contribution in [2.75, 3.05) is 0 Å². The Hall–Kier alpha value is -3.72. The van der Waals surface area contributed by atoms with Crippen molar-refractivity contribution in [1.82, 2.24) is 25.6 Å². The second-order valence-corrected chi connectivity index (χ2v) is 9.77. The number of hydrogen-bond acceptors (Lipinski definition) is 5. The molecule has 1 aliphatic carbocycles. The normalized spacial score (nSPS) is 15.1. The average Bonchev–Trinajstić information content (AvgIpc) is 3.54. The highest BCUT2D eigenvalue weighted by Crippen LogP contribution is 2.32. The van der Waals surface area contributed by atoms with Crippen LogP contribution in [0.1, 0.15) is 79.1 Å². The molecule has 42 heavy (non-hydrogen) atoms. The fraction of sp³-hybridized carbons (Fsp3) is 0.538. The summed E-state index contributed by atoms with van der Waals surface area (Å²) in [6.07, 6.45) is -8.59. The van der Waals surface area contributed by atoms with Gasteiger partial charge in [-0.2, -0.15) is 26.3 Å². The van der Waals surface area contributed by atoms with Crippen molar-refractivity contribution in [3.8, 4) is 0 Å². The number of carbonyl (C=O) groups excluding carboxylic acids is 2. The van der Waals surface area contributed by atoms with E-state index in [2.05, 4.69) is 25.6 Å². The van der Waals surface area contributed by atoms with E-state index in [1.165, 1.54) is 0 Å². The van der Waals surface area contributed by atoms with E-state index in [1.54, 1.807) is 18.2 Å². The minimum Gasteiger partial charge on any atom is -0.448 e. The van der Waals surface area contributed by atoms with Gasteiger partial charge in [-0.25, -0.2) is 18.7 Å². The molecule has 16 heteroatoms. The van der Waals surface area contributed by atoms with Crippen LogP contribution >= 0.6 is 0 Å². The molecule has 8 nitrogen and oxygen atoms in total. The summed E-state index contributed by atoms with van der Waals surface area (Å²) < 4.78 is 103. The van der Waals surface area contributed by atoms with E-state index in [0.717, 1.165) is 12.7 Å². The van der Waals surface area contributed by atoms with Gasteiger partial charge in [-0.05, 0) is 30.5 Å². The maximum Gasteiger partial charge on any atom is 0.389 e. The quantitative estimate of drug-likeness (QED) is 0.239. The Morgan fingerprint density at radius 2 is 1.62 bits per heavy atom. The van der Waals surface area contributed by atoms with E-state index in [1.807, 2.05) is 0 Å². The van der Waals surface area contributed by atoms with Crippen LogP contribution in [0.15, 0.2) is 28.9 Å². The van der Waals surface area contributed by atoms with Gasteiger partial charge < -0.3 is 20.0 Å². The molecule has 1 aromatic carbocycles. The molecule has 2 aromatic heterocycles. The molecule has 3 aromatic rings. The number of rotatable bonds is 9. The van der Waals surface area contributed by atoms with Crippen LogP contribution in [0.3, 0.4) is 0 Å². The maximum absolute atomic E-state index is 12.3. The first-order valence-electron chi connectivity index (χ1n) is 13.1. The zero-order valence-corrected chi connectivity index (χ0v) is 22.2. The molecule has 1 fully saturated rings. The van der Waals surface area contributed by atoms with Crippen LogP contribution in [0, 0.1) is 0 Å². The van der Waals surface area contributed by atoms with Gasteiger partial charge >= 0.3 is 12.4 Å². The molecule has 0 bridgehead atoms. The van der Waals surface area contributed by atoms with Gasteiger partial charge in [0, 0.05) is 32.2 Å². The van der Waals surface area contributed by atoms with Crippen molar-refractivity contribution >= 4 is 22.8 Å². The zero-order valence-electron chi connectivity index (χ0n) is 22.2. The first kappa shape index (κ1) is 32.8. The third-order valence-corrected chi connectivity index (χ3v) is 6.13. The third-order valence-electron chi connectivity index (χ3n) is 6.13. The van der Waals surface area contributed by atoms with Gasteiger partial charge in [0.1, 0.15) is 12.1 Å². The smallest absolute Gasteiger partial charge is 0.389 e. The number of nitrogens with zero attached hydrogens (tertiary/aromatic N) is 2. The Morgan fingerprint density at radius 1 is 0.929 bits per heavy atom. The summed E-state index contributed by atoms with van der Waals surface area (Å²) in [7, 11) is 0. The minimum atomic E-state index is -4.40. The lowest BCUT2D eigenvalue weighted by molar-refractivity contribution is -0.144. The highest BCUT2D eigenvalue weighted by molar-refractivity contribution is 5.91. The first-order chi connectivity index (χ1) is 19.6. The molecule has 0 spiro atoms. The number of halogens is 8. The summed E-state index contributed by atoms with van der Waals surface area (Å²) in [5, 5.41) is 4.93. The number of carbonyl (C=O) groups is 2. The van der Waals surface area contributed by atoms with Crippen LogP contribution in [-0.2, 0) is 24.3 Å². The molecule has 0 aliphatic heterocycles. The van der Waals surface area contributed by atoms with E-state index in [4.69, 9.17) is 4.42 Å². The number of imidazole rings is 1. The van der Waals surface area contributed by atoms with Crippen LogP contribution in [0.5, 0.6) is 0 Å². The van der Waals surface area contributed by atoms with Crippen LogP contribution in [0.2, 0.25) is 0 Å². The van der Waals surface area contributed by atoms with Crippen molar-refractivity contribution in [3.05, 3.63) is 47.4 Å². The summed E-state index contributed by atoms with van der Waals surface area (Å²) in [5.41, 5.74) is 1.58. The third kappa shape index (κ3) is 11.6. The molecule has 3 N–H and O–H groups in total. The fourth-order valence-electron chi connectivity index (χ4n) is 3.95. The molecule has 0 saturated heterocycles. The van der Waals surface area contributed by atoms with Crippen molar-refractivity contribution in [3.63, 3.8) is 0 Å². The van der Waals surface area contributed by atoms with Crippen molar-refractivity contribution in [1.29, 1.82) is 0 Å². The number of nitrogens with one attached hydrogen (secondary N) is 3. The van der Waals surface area contributed by atoms with Crippen LogP contribution in [-0.4, -0.2) is 45.0 Å². The molecule has 2 heterocycles. The minimum absolute atomic E-state index is 0.0283. The second kappa shape index (κ2) is 14.0. The second-order valence-electron chi connectivity index (χ2n) is 9.77. The van der Waals surface area contributed by atoms with Crippen LogP contribution in [0.4, 0.5) is 35.1 Å². The molecule has 232 valence electrons. The molecule has 1 aliphatic rings. The fourth-order valence-corrected chi connectivity index (χ4v) is 3.95. The largest absolute Gasteiger partial charge is 0.448 e. The zero-order chi connectivity index (χ0) is 31.0. The highest BCUT2D eigenvalue weighted by atomic mass is 19.4. The van der Waals surface area contributed by atoms with Crippen LogP contribution in [0.25, 0.3) is 11.0 Å². The maximum atomic E-state index is 12.3. The monoisotopic (exact) mass is 611 g/mol. The van der Waals surface area contributed by atoms with Gasteiger partial charge in [-0.1, -0.05) is 12.5 Å². The Bertz CT molecular complexity index is 1330. The summed E-state index contributed by atoms with van der Waals surface area (Å²) in [4.78, 5) is 34.7. The number of aryl methyl sites for hydroxylation is 1. The van der Waals surface area contributed by atoms with Crippen molar-refractivity contribution in [2.45, 2.75) is 89.2 Å². The summed E-state index contributed by atoms with van der Waals surface area (Å²) >= 11 is 0. The first-order valence-corrected chi connectivity index (χ1v) is 13.1. The van der Waals surface area contributed by atoms with E-state index in [0.29, 0.717) is 35.3 Å². The predicted octanol–water partition coefficient (Wildman–Crippen LogP) is 6.52. The number of aromatic nitrogens is 3. The Morgan fingerprint density at radius 3 is 2.24 bits per heavy atom. The van der Waals surface area contributed by atoms with E-state index in [9.17, 15) is 44.7 Å². The van der Waals surface area contributed by atoms with Crippen molar-refractivity contribution in [2.24, 2.45) is 0 Å². The lowest BCUT2D eigenvalue weighted by atomic mass is 9.97. The number of H-pyrrole nitrogens is 1. The highest BCUT2D eigenvalue weighted by Gasteiger charge is 2.30. The molecule has 0 unspecified atom stereocenters. The topological polar surface area (TPSA) is 113 Å². The number of oxazole rings is 1. The lowest BCUT2D eigenvalue weighted by Gasteiger charge is -2.20. The molecular formula is C26H29F8N5O3. The lowest BCUT2D eigenvalue weighted by Crippen LogP contribution is -2.24. The Balaban J connectivity index is 0.000000521. The number of hydrogen-bond donors (Lipinski definition) is 3.